The molecule has 1 N–H and O–H groups in total. The van der Waals surface area contributed by atoms with Gasteiger partial charge in [0.2, 0.25) is 0 Å². The molecule has 0 saturated carbocycles. The highest BCUT2D eigenvalue weighted by Crippen LogP contribution is 2.34. The normalized spacial score (nSPS) is 20.0. The van der Waals surface area contributed by atoms with Crippen LogP contribution in [0.25, 0.3) is 0 Å². The number of benzene rings is 3. The summed E-state index contributed by atoms with van der Waals surface area (Å²) >= 11 is 6.11. The van der Waals surface area contributed by atoms with Crippen molar-refractivity contribution in [3.63, 3.8) is 0 Å². The fourth-order valence-electron chi connectivity index (χ4n) is 5.50. The van der Waals surface area contributed by atoms with E-state index >= 15 is 0 Å². The van der Waals surface area contributed by atoms with Gasteiger partial charge in [-0.2, -0.15) is 0 Å². The Morgan fingerprint density at radius 2 is 1.51 bits per heavy atom. The minimum atomic E-state index is -0.597. The molecule has 2 heterocycles. The predicted molar refractivity (Wildman–Crippen MR) is 138 cm³/mol. The topological polar surface area (TPSA) is 52.7 Å². The minimum Gasteiger partial charge on any atom is -0.345 e. The summed E-state index contributed by atoms with van der Waals surface area (Å²) in [7, 11) is 0. The Labute approximate surface area is 220 Å². The van der Waals surface area contributed by atoms with Crippen LogP contribution in [0.3, 0.4) is 0 Å². The Bertz CT molecular complexity index is 1250. The van der Waals surface area contributed by atoms with E-state index in [-0.39, 0.29) is 28.1 Å². The number of nitrogens with zero attached hydrogens (tertiary/aromatic N) is 2. The fraction of sp³-hybridized carbons (Fsp3) is 0.310. The van der Waals surface area contributed by atoms with Crippen molar-refractivity contribution in [2.45, 2.75) is 12.5 Å². The van der Waals surface area contributed by atoms with E-state index < -0.39 is 17.5 Å². The van der Waals surface area contributed by atoms with Crippen molar-refractivity contribution in [2.75, 3.05) is 32.7 Å². The van der Waals surface area contributed by atoms with Crippen molar-refractivity contribution in [1.29, 1.82) is 0 Å². The monoisotopic (exact) mass is 523 g/mol. The summed E-state index contributed by atoms with van der Waals surface area (Å²) in [6, 6.07) is 19.7. The van der Waals surface area contributed by atoms with Gasteiger partial charge in [0.05, 0.1) is 22.2 Å². The maximum atomic E-state index is 14.3. The standard InChI is InChI=1S/C29H28ClF2N3O2/c30-23-10-6-12-25(32)27(23)29(37)35-17-20-15-34(16-21(20)18-35)14-13-26(19-7-2-1-3-8-19)33-28(36)22-9-4-5-11-24(22)31/h1-12,20-21,26H,13-18H2,(H,33,36)/t20?,21?,26-/m0/s1. The third-order valence-corrected chi connectivity index (χ3v) is 7.70. The van der Waals surface area contributed by atoms with Crippen molar-refractivity contribution in [1.82, 2.24) is 15.1 Å². The van der Waals surface area contributed by atoms with Gasteiger partial charge < -0.3 is 15.1 Å². The summed E-state index contributed by atoms with van der Waals surface area (Å²) in [6.07, 6.45) is 0.664. The summed E-state index contributed by atoms with van der Waals surface area (Å²) in [5.41, 5.74) is 0.932. The molecule has 2 aliphatic heterocycles. The Balaban J connectivity index is 1.20. The summed E-state index contributed by atoms with van der Waals surface area (Å²) in [5, 5.41) is 3.14. The first-order chi connectivity index (χ1) is 17.9. The van der Waals surface area contributed by atoms with Crippen LogP contribution in [0.2, 0.25) is 5.02 Å². The van der Waals surface area contributed by atoms with Gasteiger partial charge in [-0.15, -0.1) is 0 Å². The van der Waals surface area contributed by atoms with Crippen molar-refractivity contribution >= 4 is 23.4 Å². The first-order valence-electron chi connectivity index (χ1n) is 12.5. The highest BCUT2D eigenvalue weighted by atomic mass is 35.5. The number of halogens is 3. The van der Waals surface area contributed by atoms with Crippen molar-refractivity contribution < 1.29 is 18.4 Å². The molecular formula is C29H28ClF2N3O2. The van der Waals surface area contributed by atoms with Gasteiger partial charge in [0.15, 0.2) is 0 Å². The second-order valence-corrected chi connectivity index (χ2v) is 10.2. The zero-order valence-electron chi connectivity index (χ0n) is 20.2. The van der Waals surface area contributed by atoms with Crippen molar-refractivity contribution in [3.05, 3.63) is 106 Å². The molecule has 3 aromatic rings. The van der Waals surface area contributed by atoms with E-state index in [9.17, 15) is 18.4 Å². The number of fused-ring (bicyclic) bond motifs is 1. The quantitative estimate of drug-likeness (QED) is 0.464. The lowest BCUT2D eigenvalue weighted by Crippen LogP contribution is -2.35. The largest absolute Gasteiger partial charge is 0.345 e. The van der Waals surface area contributed by atoms with Crippen LogP contribution in [-0.2, 0) is 0 Å². The molecule has 3 atom stereocenters. The molecule has 2 saturated heterocycles. The van der Waals surface area contributed by atoms with Crippen LogP contribution in [0, 0.1) is 23.5 Å². The third kappa shape index (κ3) is 5.53. The molecule has 3 aromatic carbocycles. The molecule has 2 unspecified atom stereocenters. The summed E-state index contributed by atoms with van der Waals surface area (Å²) in [5.74, 6) is -1.33. The maximum Gasteiger partial charge on any atom is 0.258 e. The van der Waals surface area contributed by atoms with E-state index in [1.54, 1.807) is 17.0 Å². The lowest BCUT2D eigenvalue weighted by Gasteiger charge is -2.25. The second-order valence-electron chi connectivity index (χ2n) is 9.79. The first-order valence-corrected chi connectivity index (χ1v) is 12.8. The van der Waals surface area contributed by atoms with Gasteiger partial charge in [-0.25, -0.2) is 8.78 Å². The minimum absolute atomic E-state index is 0.0267. The molecule has 5 rings (SSSR count). The van der Waals surface area contributed by atoms with Crippen LogP contribution in [-0.4, -0.2) is 54.3 Å². The van der Waals surface area contributed by atoms with Gasteiger partial charge in [0, 0.05) is 32.7 Å². The number of rotatable bonds is 7. The molecule has 0 spiro atoms. The van der Waals surface area contributed by atoms with Gasteiger partial charge in [-0.1, -0.05) is 60.1 Å². The second kappa shape index (κ2) is 11.0. The first kappa shape index (κ1) is 25.4. The highest BCUT2D eigenvalue weighted by Gasteiger charge is 2.42. The van der Waals surface area contributed by atoms with Gasteiger partial charge in [0.1, 0.15) is 11.6 Å². The number of nitrogens with one attached hydrogen (secondary N) is 1. The Morgan fingerprint density at radius 1 is 0.865 bits per heavy atom. The number of carbonyl (C=O) groups excluding carboxylic acids is 2. The van der Waals surface area contributed by atoms with Crippen LogP contribution in [0.4, 0.5) is 8.78 Å². The van der Waals surface area contributed by atoms with Gasteiger partial charge in [-0.05, 0) is 48.1 Å². The molecule has 0 aliphatic carbocycles. The lowest BCUT2D eigenvalue weighted by atomic mass is 10.0. The molecule has 192 valence electrons. The van der Waals surface area contributed by atoms with Crippen LogP contribution < -0.4 is 5.32 Å². The van der Waals surface area contributed by atoms with E-state index in [2.05, 4.69) is 10.2 Å². The molecule has 5 nitrogen and oxygen atoms in total. The molecule has 2 amide bonds. The molecule has 0 bridgehead atoms. The number of carbonyl (C=O) groups is 2. The van der Waals surface area contributed by atoms with Crippen LogP contribution in [0.15, 0.2) is 72.8 Å². The number of hydrogen-bond donors (Lipinski definition) is 1. The molecule has 2 aliphatic rings. The Hall–Kier alpha value is -3.29. The van der Waals surface area contributed by atoms with Gasteiger partial charge >= 0.3 is 0 Å². The van der Waals surface area contributed by atoms with E-state index in [4.69, 9.17) is 11.6 Å². The fourth-order valence-corrected chi connectivity index (χ4v) is 5.74. The zero-order chi connectivity index (χ0) is 25.9. The van der Waals surface area contributed by atoms with Crippen molar-refractivity contribution in [3.8, 4) is 0 Å². The molecular weight excluding hydrogens is 496 g/mol. The van der Waals surface area contributed by atoms with Crippen LogP contribution in [0.1, 0.15) is 38.7 Å². The maximum absolute atomic E-state index is 14.3. The SMILES string of the molecule is O=C(N[C@@H](CCN1CC2CN(C(=O)c3c(F)cccc3Cl)CC2C1)c1ccccc1)c1ccccc1F. The highest BCUT2D eigenvalue weighted by molar-refractivity contribution is 6.33. The molecule has 37 heavy (non-hydrogen) atoms. The number of amides is 2. The number of hydrogen-bond acceptors (Lipinski definition) is 3. The average Bonchev–Trinajstić information content (AvgIpc) is 3.46. The molecule has 8 heteroatoms. The molecule has 0 radical (unpaired) electrons. The molecule has 2 fully saturated rings. The van der Waals surface area contributed by atoms with Crippen LogP contribution in [0.5, 0.6) is 0 Å². The summed E-state index contributed by atoms with van der Waals surface area (Å²) in [6.45, 7) is 3.52. The van der Waals surface area contributed by atoms with Crippen molar-refractivity contribution in [2.24, 2.45) is 11.8 Å². The summed E-state index contributed by atoms with van der Waals surface area (Å²) < 4.78 is 28.4. The average molecular weight is 524 g/mol. The Morgan fingerprint density at radius 3 is 2.19 bits per heavy atom. The van der Waals surface area contributed by atoms with Gasteiger partial charge in [-0.3, -0.25) is 9.59 Å². The van der Waals surface area contributed by atoms with Crippen LogP contribution >= 0.6 is 11.6 Å². The summed E-state index contributed by atoms with van der Waals surface area (Å²) in [4.78, 5) is 29.8. The third-order valence-electron chi connectivity index (χ3n) is 7.39. The Kier molecular flexibility index (Phi) is 7.53. The lowest BCUT2D eigenvalue weighted by molar-refractivity contribution is 0.0769. The number of likely N-dealkylation sites (tertiary alicyclic amines) is 2. The zero-order valence-corrected chi connectivity index (χ0v) is 21.0. The van der Waals surface area contributed by atoms with E-state index in [1.807, 2.05) is 30.3 Å². The molecule has 0 aromatic heterocycles. The van der Waals surface area contributed by atoms with E-state index in [0.717, 1.165) is 25.2 Å². The smallest absolute Gasteiger partial charge is 0.258 e. The predicted octanol–water partition coefficient (Wildman–Crippen LogP) is 5.18. The van der Waals surface area contributed by atoms with E-state index in [1.165, 1.54) is 30.3 Å². The van der Waals surface area contributed by atoms with E-state index in [0.29, 0.717) is 31.3 Å². The van der Waals surface area contributed by atoms with Gasteiger partial charge in [0.25, 0.3) is 11.8 Å².